The molecule has 2 fully saturated rings. The average Bonchev–Trinajstić information content (AvgIpc) is 3.51. The summed E-state index contributed by atoms with van der Waals surface area (Å²) < 4.78 is 25.6. The molecule has 1 aromatic carbocycles. The number of amides is 1. The Labute approximate surface area is 157 Å². The van der Waals surface area contributed by atoms with Crippen LogP contribution >= 0.6 is 0 Å². The smallest absolute Gasteiger partial charge is 0.226 e. The van der Waals surface area contributed by atoms with Crippen molar-refractivity contribution >= 4 is 15.9 Å². The van der Waals surface area contributed by atoms with Crippen LogP contribution < -0.4 is 0 Å². The second kappa shape index (κ2) is 8.09. The van der Waals surface area contributed by atoms with Crippen LogP contribution in [0.3, 0.4) is 0 Å². The highest BCUT2D eigenvalue weighted by atomic mass is 32.2. The van der Waals surface area contributed by atoms with Crippen LogP contribution in [0, 0.1) is 11.8 Å². The highest BCUT2D eigenvalue weighted by molar-refractivity contribution is 7.89. The molecule has 26 heavy (non-hydrogen) atoms. The Morgan fingerprint density at radius 3 is 2.31 bits per heavy atom. The standard InChI is InChI=1S/C20H30N2O3S/c1-3-26(24,25)21-13-11-19(12-14-21)20(23)22(16(2)18-9-10-18)15-17-7-5-4-6-8-17/h4-8,16,18-19H,3,9-15H2,1-2H3. The minimum Gasteiger partial charge on any atom is -0.335 e. The van der Waals surface area contributed by atoms with Gasteiger partial charge >= 0.3 is 0 Å². The zero-order valence-electron chi connectivity index (χ0n) is 15.8. The van der Waals surface area contributed by atoms with Crippen molar-refractivity contribution in [2.75, 3.05) is 18.8 Å². The maximum atomic E-state index is 13.3. The molecule has 1 saturated heterocycles. The summed E-state index contributed by atoms with van der Waals surface area (Å²) >= 11 is 0. The topological polar surface area (TPSA) is 57.7 Å². The number of sulfonamides is 1. The Morgan fingerprint density at radius 1 is 1.15 bits per heavy atom. The first-order valence-electron chi connectivity index (χ1n) is 9.74. The quantitative estimate of drug-likeness (QED) is 0.733. The predicted molar refractivity (Wildman–Crippen MR) is 103 cm³/mol. The molecule has 2 aliphatic rings. The highest BCUT2D eigenvalue weighted by Gasteiger charge is 2.38. The molecule has 0 spiro atoms. The lowest BCUT2D eigenvalue weighted by molar-refractivity contribution is -0.140. The molecule has 3 rings (SSSR count). The van der Waals surface area contributed by atoms with Gasteiger partial charge in [-0.05, 0) is 51.0 Å². The molecular weight excluding hydrogens is 348 g/mol. The van der Waals surface area contributed by atoms with E-state index in [9.17, 15) is 13.2 Å². The number of hydrogen-bond donors (Lipinski definition) is 0. The molecule has 1 amide bonds. The van der Waals surface area contributed by atoms with Gasteiger partial charge < -0.3 is 4.90 Å². The van der Waals surface area contributed by atoms with Gasteiger partial charge in [0.25, 0.3) is 0 Å². The summed E-state index contributed by atoms with van der Waals surface area (Å²) in [6.45, 7) is 5.40. The monoisotopic (exact) mass is 378 g/mol. The highest BCUT2D eigenvalue weighted by Crippen LogP contribution is 2.37. The summed E-state index contributed by atoms with van der Waals surface area (Å²) in [6.07, 6.45) is 3.65. The van der Waals surface area contributed by atoms with Gasteiger partial charge in [0.1, 0.15) is 0 Å². The van der Waals surface area contributed by atoms with Crippen molar-refractivity contribution in [1.29, 1.82) is 0 Å². The number of piperidine rings is 1. The van der Waals surface area contributed by atoms with Crippen molar-refractivity contribution in [2.24, 2.45) is 11.8 Å². The molecule has 0 bridgehead atoms. The Morgan fingerprint density at radius 2 is 1.77 bits per heavy atom. The molecular formula is C20H30N2O3S. The summed E-state index contributed by atoms with van der Waals surface area (Å²) in [4.78, 5) is 15.3. The SMILES string of the molecule is CCS(=O)(=O)N1CCC(C(=O)N(Cc2ccccc2)C(C)C2CC2)CC1. The number of carbonyl (C=O) groups is 1. The first-order valence-corrected chi connectivity index (χ1v) is 11.4. The minimum absolute atomic E-state index is 0.0665. The van der Waals surface area contributed by atoms with E-state index in [2.05, 4.69) is 19.1 Å². The molecule has 1 heterocycles. The average molecular weight is 379 g/mol. The van der Waals surface area contributed by atoms with Crippen molar-refractivity contribution in [1.82, 2.24) is 9.21 Å². The third-order valence-electron chi connectivity index (χ3n) is 5.84. The number of nitrogens with zero attached hydrogens (tertiary/aromatic N) is 2. The number of carbonyl (C=O) groups excluding carboxylic acids is 1. The van der Waals surface area contributed by atoms with Crippen LogP contribution in [-0.2, 0) is 21.4 Å². The first kappa shape index (κ1) is 19.4. The molecule has 1 unspecified atom stereocenters. The van der Waals surface area contributed by atoms with E-state index in [1.54, 1.807) is 11.2 Å². The zero-order chi connectivity index (χ0) is 18.7. The van der Waals surface area contributed by atoms with Gasteiger partial charge in [0.2, 0.25) is 15.9 Å². The van der Waals surface area contributed by atoms with E-state index in [4.69, 9.17) is 0 Å². The summed E-state index contributed by atoms with van der Waals surface area (Å²) in [5.74, 6) is 0.873. The van der Waals surface area contributed by atoms with E-state index in [0.29, 0.717) is 38.4 Å². The molecule has 0 radical (unpaired) electrons. The molecule has 1 saturated carbocycles. The lowest BCUT2D eigenvalue weighted by Crippen LogP contribution is -2.47. The normalized spacial score (nSPS) is 20.7. The largest absolute Gasteiger partial charge is 0.335 e. The second-order valence-corrected chi connectivity index (χ2v) is 9.86. The number of hydrogen-bond acceptors (Lipinski definition) is 3. The van der Waals surface area contributed by atoms with Crippen LogP contribution in [0.15, 0.2) is 30.3 Å². The molecule has 5 nitrogen and oxygen atoms in total. The first-order chi connectivity index (χ1) is 12.4. The Balaban J connectivity index is 1.68. The van der Waals surface area contributed by atoms with E-state index < -0.39 is 10.0 Å². The van der Waals surface area contributed by atoms with Crippen LogP contribution in [-0.4, -0.2) is 48.4 Å². The summed E-state index contributed by atoms with van der Waals surface area (Å²) in [5, 5.41) is 0. The third-order valence-corrected chi connectivity index (χ3v) is 7.72. The Bertz CT molecular complexity index is 708. The van der Waals surface area contributed by atoms with Gasteiger partial charge in [-0.2, -0.15) is 0 Å². The fourth-order valence-corrected chi connectivity index (χ4v) is 4.97. The Kier molecular flexibility index (Phi) is 6.03. The van der Waals surface area contributed by atoms with E-state index in [1.807, 2.05) is 23.1 Å². The van der Waals surface area contributed by atoms with Crippen molar-refractivity contribution < 1.29 is 13.2 Å². The van der Waals surface area contributed by atoms with Crippen molar-refractivity contribution in [3.8, 4) is 0 Å². The van der Waals surface area contributed by atoms with Gasteiger partial charge in [0.15, 0.2) is 0 Å². The Hall–Kier alpha value is -1.40. The van der Waals surface area contributed by atoms with Crippen LogP contribution in [0.5, 0.6) is 0 Å². The van der Waals surface area contributed by atoms with E-state index in [-0.39, 0.29) is 23.6 Å². The third kappa shape index (κ3) is 4.46. The fourth-order valence-electron chi connectivity index (χ4n) is 3.83. The predicted octanol–water partition coefficient (Wildman–Crippen LogP) is 2.88. The van der Waals surface area contributed by atoms with Crippen molar-refractivity contribution in [3.63, 3.8) is 0 Å². The van der Waals surface area contributed by atoms with Gasteiger partial charge in [-0.1, -0.05) is 30.3 Å². The summed E-state index contributed by atoms with van der Waals surface area (Å²) in [5.41, 5.74) is 1.15. The summed E-state index contributed by atoms with van der Waals surface area (Å²) in [6, 6.07) is 10.4. The molecule has 1 aliphatic heterocycles. The van der Waals surface area contributed by atoms with Gasteiger partial charge in [-0.3, -0.25) is 4.79 Å². The molecule has 1 atom stereocenters. The molecule has 0 N–H and O–H groups in total. The lowest BCUT2D eigenvalue weighted by Gasteiger charge is -2.36. The molecule has 6 heteroatoms. The zero-order valence-corrected chi connectivity index (χ0v) is 16.6. The molecule has 1 aliphatic carbocycles. The number of rotatable bonds is 7. The van der Waals surface area contributed by atoms with Gasteiger partial charge in [0, 0.05) is 31.6 Å². The molecule has 144 valence electrons. The molecule has 1 aromatic rings. The van der Waals surface area contributed by atoms with Crippen LogP contribution in [0.2, 0.25) is 0 Å². The van der Waals surface area contributed by atoms with Gasteiger partial charge in [-0.15, -0.1) is 0 Å². The number of benzene rings is 1. The summed E-state index contributed by atoms with van der Waals surface area (Å²) in [7, 11) is -3.15. The van der Waals surface area contributed by atoms with Crippen LogP contribution in [0.4, 0.5) is 0 Å². The van der Waals surface area contributed by atoms with Crippen molar-refractivity contribution in [2.45, 2.75) is 52.1 Å². The minimum atomic E-state index is -3.15. The van der Waals surface area contributed by atoms with Gasteiger partial charge in [0.05, 0.1) is 5.75 Å². The maximum absolute atomic E-state index is 13.3. The lowest BCUT2D eigenvalue weighted by atomic mass is 9.95. The second-order valence-electron chi connectivity index (χ2n) is 7.60. The van der Waals surface area contributed by atoms with Crippen LogP contribution in [0.1, 0.15) is 45.1 Å². The van der Waals surface area contributed by atoms with Crippen molar-refractivity contribution in [3.05, 3.63) is 35.9 Å². The molecule has 0 aromatic heterocycles. The maximum Gasteiger partial charge on any atom is 0.226 e. The van der Waals surface area contributed by atoms with Crippen LogP contribution in [0.25, 0.3) is 0 Å². The van der Waals surface area contributed by atoms with E-state index >= 15 is 0 Å². The van der Waals surface area contributed by atoms with Gasteiger partial charge in [-0.25, -0.2) is 12.7 Å². The van der Waals surface area contributed by atoms with E-state index in [0.717, 1.165) is 5.56 Å². The van der Waals surface area contributed by atoms with E-state index in [1.165, 1.54) is 12.8 Å². The fraction of sp³-hybridized carbons (Fsp3) is 0.650.